The summed E-state index contributed by atoms with van der Waals surface area (Å²) < 4.78 is 239. The van der Waals surface area contributed by atoms with E-state index in [1.807, 2.05) is 87.6 Å². The lowest BCUT2D eigenvalue weighted by Gasteiger charge is -2.26. The zero-order chi connectivity index (χ0) is 102. The van der Waals surface area contributed by atoms with Crippen LogP contribution >= 0.6 is 0 Å². The number of hydrogen-bond acceptors (Lipinski definition) is 37. The standard InChI is InChI=1S/C19H31NO5S.C18H31NO5S.C17H31NO5S.C16H29NO5S.C14H29NO6S.C11H23NO5S/c1-2-3-4-5-6-7-11-14-19(21)25-18(16-26(22,23)24)15-20-17-12-9-8-10-13-17;1-2-3-4-5-6-10-13-18(20)24-17(15-25(21,22)23)14-19-16-11-8-7-9-12-16;1-2-3-4-5-9-12-17(19)23-16(14-24(20,21)22)13-18-15-10-7-6-8-11-15;1-2-3-4-8-11-16(18)22-15(13-23(19,20)21)12-17-14-9-6-5-7-10-14;1-19-7-8-20-9-10-21-14(12-22(16,17)18)11-15-13-5-3-2-4-6-13;13-6-7-17-11(9-18(14,15)16)8-12-10-4-2-1-3-5-10/h2-5,7,11,17-18,20H,6,8-10,12-16H2,1H3,(H,22,23,24);2-3,6,10,16-17,19H,4-5,7-9,11-15H2,1H3,(H,21,22,23);4-5,15-16,18H,2-3,6-14H2,1H3,(H,20,21,22);4,8,14-15,17H,2-3,5-7,9-13H2,1H3,(H,19,20,21);13-15H,2-12H2,1H3,(H,16,17,18);10-13H,1-9H2,(H,14,15,16)/p-6/b3-2+,5-4+,11-7-;3-2-,10-6-;5-4-;8-4-;;. The average molecular weight is 2080 g/mol. The number of carbonyl (C=O) groups is 4. The monoisotopic (exact) mass is 2080 g/mol. The van der Waals surface area contributed by atoms with Gasteiger partial charge in [0.15, 0.2) is 0 Å². The highest BCUT2D eigenvalue weighted by molar-refractivity contribution is 7.87. The molecule has 6 fully saturated rings. The number of aliphatic hydroxyl groups excluding tert-OH is 1. The number of rotatable bonds is 63. The summed E-state index contributed by atoms with van der Waals surface area (Å²) in [6.07, 6.45) is 62.4. The first-order valence-corrected chi connectivity index (χ1v) is 59.3. The van der Waals surface area contributed by atoms with E-state index < -0.39 is 156 Å². The second-order valence-corrected chi connectivity index (χ2v) is 44.2. The van der Waals surface area contributed by atoms with Crippen LogP contribution < -0.4 is 31.9 Å². The van der Waals surface area contributed by atoms with Crippen molar-refractivity contribution in [3.05, 3.63) is 85.1 Å². The summed E-state index contributed by atoms with van der Waals surface area (Å²) in [6, 6.07) is 1.99. The molecule has 0 aromatic heterocycles. The van der Waals surface area contributed by atoms with Crippen molar-refractivity contribution in [2.75, 3.05) is 121 Å². The SMILES string of the molecule is C/C=C/C=C/C/C=C\CC(=O)OC(CNC1CCCCC1)CS(=O)(=O)[O-].C/C=C\CC/C=C\CC(=O)OC(CNC1CCCCC1)CS(=O)(=O)[O-].CCC/C=C\CC(=O)OC(CNC1CCCCC1)CS(=O)(=O)[O-].CCC/C=C\CCC(=O)OC(CNC1CCCCC1)CS(=O)(=O)[O-].COCCOCCOC(CNC1CCCCC1)CS(=O)(=O)[O-].O=S(=O)([O-])CC(CNC1CCCCC1)OCCO. The van der Waals surface area contributed by atoms with E-state index in [0.29, 0.717) is 82.0 Å². The van der Waals surface area contributed by atoms with Gasteiger partial charge in [-0.05, 0) is 129 Å². The Bertz CT molecular complexity index is 4090. The van der Waals surface area contributed by atoms with Gasteiger partial charge in [-0.25, -0.2) is 50.5 Å². The Labute approximate surface area is 827 Å². The maximum atomic E-state index is 11.9. The lowest BCUT2D eigenvalue weighted by molar-refractivity contribution is -0.148. The molecule has 43 heteroatoms. The molecular weight excluding hydrogens is 1910 g/mol. The van der Waals surface area contributed by atoms with Gasteiger partial charge in [0.2, 0.25) is 0 Å². The van der Waals surface area contributed by atoms with Crippen molar-refractivity contribution < 1.29 is 140 Å². The van der Waals surface area contributed by atoms with Gasteiger partial charge in [-0.3, -0.25) is 19.2 Å². The first-order valence-electron chi connectivity index (χ1n) is 49.8. The van der Waals surface area contributed by atoms with Crippen LogP contribution in [0.3, 0.4) is 0 Å². The second-order valence-electron chi connectivity index (χ2n) is 35.5. The highest BCUT2D eigenvalue weighted by atomic mass is 32.2. The maximum absolute atomic E-state index is 11.9. The molecule has 0 aromatic carbocycles. The predicted octanol–water partition coefficient (Wildman–Crippen LogP) is 10.5. The molecule has 37 nitrogen and oxygen atoms in total. The largest absolute Gasteiger partial charge is 0.748 e. The van der Waals surface area contributed by atoms with Crippen LogP contribution in [0.2, 0.25) is 0 Å². The Morgan fingerprint density at radius 3 is 0.877 bits per heavy atom. The van der Waals surface area contributed by atoms with Crippen LogP contribution in [0.4, 0.5) is 0 Å². The lowest BCUT2D eigenvalue weighted by Crippen LogP contribution is -2.41. The summed E-state index contributed by atoms with van der Waals surface area (Å²) in [5.41, 5.74) is 0. The molecule has 0 heterocycles. The van der Waals surface area contributed by atoms with Crippen molar-refractivity contribution in [2.24, 2.45) is 0 Å². The number of carbonyl (C=O) groups excluding carboxylic acids is 4. The topological polar surface area (TPSA) is 578 Å². The third-order valence-electron chi connectivity index (χ3n) is 22.8. The van der Waals surface area contributed by atoms with Gasteiger partial charge >= 0.3 is 23.9 Å². The lowest BCUT2D eigenvalue weighted by atomic mass is 9.95. The Balaban J connectivity index is 0.000000830. The fraction of sp³-hybridized carbons (Fsp3) is 0.811. The number of aliphatic hydroxyl groups is 1. The van der Waals surface area contributed by atoms with E-state index in [-0.39, 0.29) is 71.7 Å². The fourth-order valence-corrected chi connectivity index (χ4v) is 19.8. The predicted molar refractivity (Wildman–Crippen MR) is 528 cm³/mol. The summed E-state index contributed by atoms with van der Waals surface area (Å²) in [4.78, 5) is 47.4. The molecule has 6 atom stereocenters. The van der Waals surface area contributed by atoms with Gasteiger partial charge in [-0.1, -0.05) is 227 Å². The number of allylic oxidation sites excluding steroid dienone is 11. The zero-order valence-corrected chi connectivity index (χ0v) is 87.5. The Hall–Kier alpha value is -4.92. The number of hydrogen-bond donors (Lipinski definition) is 7. The Morgan fingerprint density at radius 2 is 0.580 bits per heavy atom. The minimum atomic E-state index is -4.46. The van der Waals surface area contributed by atoms with Gasteiger partial charge in [0.1, 0.15) is 24.4 Å². The van der Waals surface area contributed by atoms with E-state index in [2.05, 4.69) is 38.8 Å². The molecule has 6 aliphatic rings. The van der Waals surface area contributed by atoms with Crippen LogP contribution in [0.25, 0.3) is 0 Å². The van der Waals surface area contributed by atoms with Crippen LogP contribution in [-0.4, -0.2) is 300 Å². The first kappa shape index (κ1) is 131. The van der Waals surface area contributed by atoms with E-state index in [1.165, 1.54) is 64.2 Å². The molecule has 7 N–H and O–H groups in total. The maximum Gasteiger partial charge on any atom is 0.309 e. The summed E-state index contributed by atoms with van der Waals surface area (Å²) >= 11 is 0. The van der Waals surface area contributed by atoms with E-state index >= 15 is 0 Å². The van der Waals surface area contributed by atoms with Gasteiger partial charge in [0.05, 0.1) is 166 Å². The van der Waals surface area contributed by atoms with E-state index in [9.17, 15) is 97.0 Å². The molecule has 0 saturated heterocycles. The van der Waals surface area contributed by atoms with Gasteiger partial charge in [-0.2, -0.15) is 0 Å². The smallest absolute Gasteiger partial charge is 0.309 e. The van der Waals surface area contributed by atoms with E-state index in [0.717, 1.165) is 167 Å². The molecule has 0 amide bonds. The molecule has 0 radical (unpaired) electrons. The first-order chi connectivity index (χ1) is 65.6. The molecular formula is C95H168N6O31S6-6. The third-order valence-corrected chi connectivity index (χ3v) is 27.5. The summed E-state index contributed by atoms with van der Waals surface area (Å²) in [5, 5.41) is 28.1. The number of unbranched alkanes of at least 4 members (excludes halogenated alkanes) is 3. The zero-order valence-electron chi connectivity index (χ0n) is 82.6. The molecule has 0 aromatic rings. The van der Waals surface area contributed by atoms with Crippen LogP contribution in [0.5, 0.6) is 0 Å². The Morgan fingerprint density at radius 1 is 0.312 bits per heavy atom. The number of ether oxygens (including phenoxy) is 8. The highest BCUT2D eigenvalue weighted by Gasteiger charge is 2.27. The summed E-state index contributed by atoms with van der Waals surface area (Å²) in [6.45, 7) is 11.0. The number of methoxy groups -OCH3 is 1. The molecule has 0 spiro atoms. The molecule has 0 bridgehead atoms. The van der Waals surface area contributed by atoms with Crippen LogP contribution in [0, 0.1) is 0 Å². The van der Waals surface area contributed by atoms with Crippen LogP contribution in [0.1, 0.15) is 297 Å². The number of nitrogens with one attached hydrogen (secondary N) is 6. The number of esters is 4. The summed E-state index contributed by atoms with van der Waals surface area (Å²) in [5.74, 6) is -5.82. The van der Waals surface area contributed by atoms with E-state index in [4.69, 9.17) is 43.0 Å². The molecule has 0 aliphatic heterocycles. The van der Waals surface area contributed by atoms with Crippen molar-refractivity contribution in [2.45, 2.75) is 370 Å². The molecule has 6 rings (SSSR count). The fourth-order valence-electron chi connectivity index (χ4n) is 15.9. The van der Waals surface area contributed by atoms with Crippen molar-refractivity contribution in [3.8, 4) is 0 Å². The minimum Gasteiger partial charge on any atom is -0.748 e. The van der Waals surface area contributed by atoms with Crippen LogP contribution in [-0.2, 0) is 118 Å². The second kappa shape index (κ2) is 81.3. The average Bonchev–Trinajstić information content (AvgIpc) is 0.911. The Kier molecular flexibility index (Phi) is 77.2. The van der Waals surface area contributed by atoms with Gasteiger partial charge in [-0.15, -0.1) is 0 Å². The van der Waals surface area contributed by atoms with Crippen LogP contribution in [0.15, 0.2) is 85.1 Å². The quantitative estimate of drug-likeness (QED) is 0.00743. The molecule has 138 heavy (non-hydrogen) atoms. The van der Waals surface area contributed by atoms with Gasteiger partial charge in [0, 0.05) is 89.1 Å². The van der Waals surface area contributed by atoms with Gasteiger partial charge in [0.25, 0.3) is 0 Å². The van der Waals surface area contributed by atoms with E-state index in [1.54, 1.807) is 25.3 Å². The summed E-state index contributed by atoms with van der Waals surface area (Å²) in [7, 11) is -24.8. The third kappa shape index (κ3) is 85.5. The molecule has 6 aliphatic carbocycles. The highest BCUT2D eigenvalue weighted by Crippen LogP contribution is 2.24. The minimum absolute atomic E-state index is 0.0481. The van der Waals surface area contributed by atoms with Crippen molar-refractivity contribution in [3.63, 3.8) is 0 Å². The van der Waals surface area contributed by atoms with Crippen molar-refractivity contribution in [1.82, 2.24) is 31.9 Å². The molecule has 806 valence electrons. The normalized spacial score (nSPS) is 18.3. The van der Waals surface area contributed by atoms with Crippen molar-refractivity contribution >= 4 is 84.6 Å². The van der Waals surface area contributed by atoms with Gasteiger partial charge < -0.3 is 102 Å². The molecule has 6 saturated carbocycles. The molecule has 6 unspecified atom stereocenters. The van der Waals surface area contributed by atoms with Crippen molar-refractivity contribution in [1.29, 1.82) is 0 Å².